The molecule has 0 spiro atoms. The van der Waals surface area contributed by atoms with Gasteiger partial charge in [0.1, 0.15) is 11.5 Å². The fourth-order valence-corrected chi connectivity index (χ4v) is 4.15. The van der Waals surface area contributed by atoms with Crippen molar-refractivity contribution in [2.75, 3.05) is 26.3 Å². The number of rotatable bonds is 5. The van der Waals surface area contributed by atoms with Crippen LogP contribution in [0.15, 0.2) is 54.6 Å². The Hall–Kier alpha value is -2.17. The van der Waals surface area contributed by atoms with E-state index in [1.54, 1.807) is 0 Å². The normalized spacial score (nSPS) is 21.7. The first-order chi connectivity index (χ1) is 13.3. The predicted octanol–water partition coefficient (Wildman–Crippen LogP) is 4.55. The van der Waals surface area contributed by atoms with Gasteiger partial charge in [0, 0.05) is 37.3 Å². The summed E-state index contributed by atoms with van der Waals surface area (Å²) in [6, 6.07) is 17.8. The fourth-order valence-electron chi connectivity index (χ4n) is 4.15. The molecule has 2 saturated heterocycles. The number of ketones is 1. The number of benzene rings is 2. The molecule has 0 aromatic heterocycles. The zero-order chi connectivity index (χ0) is 18.5. The molecule has 2 aliphatic rings. The lowest BCUT2D eigenvalue weighted by molar-refractivity contribution is 0.0183. The van der Waals surface area contributed by atoms with Crippen molar-refractivity contribution in [3.63, 3.8) is 0 Å². The van der Waals surface area contributed by atoms with E-state index in [1.807, 2.05) is 54.6 Å². The van der Waals surface area contributed by atoms with Crippen molar-refractivity contribution >= 4 is 5.78 Å². The quantitative estimate of drug-likeness (QED) is 0.729. The molecule has 2 fully saturated rings. The largest absolute Gasteiger partial charge is 0.457 e. The molecule has 2 aromatic rings. The van der Waals surface area contributed by atoms with Crippen molar-refractivity contribution < 1.29 is 14.3 Å². The van der Waals surface area contributed by atoms with Gasteiger partial charge < -0.3 is 9.47 Å². The molecule has 0 amide bonds. The summed E-state index contributed by atoms with van der Waals surface area (Å²) in [5, 5.41) is 0. The maximum absolute atomic E-state index is 13.0. The zero-order valence-electron chi connectivity index (χ0n) is 15.7. The molecule has 27 heavy (non-hydrogen) atoms. The summed E-state index contributed by atoms with van der Waals surface area (Å²) in [6.07, 6.45) is 4.27. The number of likely N-dealkylation sites (tertiary alicyclic amines) is 1. The Morgan fingerprint density at radius 2 is 1.63 bits per heavy atom. The highest BCUT2D eigenvalue weighted by Gasteiger charge is 2.31. The van der Waals surface area contributed by atoms with Crippen LogP contribution in [-0.4, -0.2) is 43.0 Å². The Balaban J connectivity index is 1.38. The van der Waals surface area contributed by atoms with E-state index in [1.165, 1.54) is 0 Å². The van der Waals surface area contributed by atoms with Gasteiger partial charge >= 0.3 is 0 Å². The molecule has 1 atom stereocenters. The van der Waals surface area contributed by atoms with Gasteiger partial charge in [-0.05, 0) is 68.6 Å². The first-order valence-electron chi connectivity index (χ1n) is 9.98. The van der Waals surface area contributed by atoms with Gasteiger partial charge in [-0.25, -0.2) is 0 Å². The third kappa shape index (κ3) is 4.57. The lowest BCUT2D eigenvalue weighted by Gasteiger charge is -2.39. The Kier molecular flexibility index (Phi) is 5.85. The molecule has 0 unspecified atom stereocenters. The minimum Gasteiger partial charge on any atom is -0.457 e. The molecule has 2 heterocycles. The monoisotopic (exact) mass is 365 g/mol. The van der Waals surface area contributed by atoms with E-state index >= 15 is 0 Å². The molecule has 142 valence electrons. The number of nitrogens with zero attached hydrogens (tertiary/aromatic N) is 1. The minimum absolute atomic E-state index is 0.0995. The van der Waals surface area contributed by atoms with Crippen molar-refractivity contribution in [2.45, 2.75) is 31.7 Å². The van der Waals surface area contributed by atoms with Gasteiger partial charge in [0.15, 0.2) is 5.78 Å². The van der Waals surface area contributed by atoms with Gasteiger partial charge in [-0.2, -0.15) is 0 Å². The first-order valence-corrected chi connectivity index (χ1v) is 9.98. The highest BCUT2D eigenvalue weighted by atomic mass is 16.5. The number of para-hydroxylation sites is 1. The maximum atomic E-state index is 13.0. The highest BCUT2D eigenvalue weighted by molar-refractivity contribution is 5.98. The molecule has 4 nitrogen and oxygen atoms in total. The number of Topliss-reactive ketones (excluding diaryl/α,β-unsaturated/α-hetero) is 1. The number of carbonyl (C=O) groups is 1. The molecule has 0 bridgehead atoms. The Bertz CT molecular complexity index is 738. The van der Waals surface area contributed by atoms with Gasteiger partial charge in [0.05, 0.1) is 0 Å². The SMILES string of the molecule is O=C(c1ccc(Oc2ccccc2)cc1)[C@H]1CCCN(C2CCOCC2)C1. The van der Waals surface area contributed by atoms with Crippen LogP contribution in [0.5, 0.6) is 11.5 Å². The second kappa shape index (κ2) is 8.68. The lowest BCUT2D eigenvalue weighted by Crippen LogP contribution is -2.46. The van der Waals surface area contributed by atoms with E-state index < -0.39 is 0 Å². The summed E-state index contributed by atoms with van der Waals surface area (Å²) in [7, 11) is 0. The Morgan fingerprint density at radius 3 is 2.37 bits per heavy atom. The third-order valence-corrected chi connectivity index (χ3v) is 5.65. The number of hydrogen-bond acceptors (Lipinski definition) is 4. The maximum Gasteiger partial charge on any atom is 0.167 e. The second-order valence-electron chi connectivity index (χ2n) is 7.48. The van der Waals surface area contributed by atoms with E-state index in [9.17, 15) is 4.79 Å². The lowest BCUT2D eigenvalue weighted by atomic mass is 9.88. The zero-order valence-corrected chi connectivity index (χ0v) is 15.7. The Morgan fingerprint density at radius 1 is 0.926 bits per heavy atom. The van der Waals surface area contributed by atoms with Crippen molar-refractivity contribution in [2.24, 2.45) is 5.92 Å². The van der Waals surface area contributed by atoms with Crippen LogP contribution in [0.3, 0.4) is 0 Å². The first kappa shape index (κ1) is 18.2. The van der Waals surface area contributed by atoms with Crippen molar-refractivity contribution in [1.82, 2.24) is 4.90 Å². The summed E-state index contributed by atoms with van der Waals surface area (Å²) >= 11 is 0. The summed E-state index contributed by atoms with van der Waals surface area (Å²) in [5.74, 6) is 1.92. The van der Waals surface area contributed by atoms with Gasteiger partial charge in [-0.3, -0.25) is 9.69 Å². The second-order valence-corrected chi connectivity index (χ2v) is 7.48. The van der Waals surface area contributed by atoms with Crippen molar-refractivity contribution in [3.8, 4) is 11.5 Å². The number of ether oxygens (including phenoxy) is 2. The van der Waals surface area contributed by atoms with E-state index in [0.717, 1.165) is 69.0 Å². The van der Waals surface area contributed by atoms with Gasteiger partial charge in [-0.1, -0.05) is 18.2 Å². The van der Waals surface area contributed by atoms with Crippen molar-refractivity contribution in [3.05, 3.63) is 60.2 Å². The van der Waals surface area contributed by atoms with E-state index in [0.29, 0.717) is 6.04 Å². The number of hydrogen-bond donors (Lipinski definition) is 0. The van der Waals surface area contributed by atoms with Crippen LogP contribution in [-0.2, 0) is 4.74 Å². The molecule has 0 saturated carbocycles. The van der Waals surface area contributed by atoms with Crippen LogP contribution in [0, 0.1) is 5.92 Å². The Labute approximate surface area is 161 Å². The molecule has 0 aliphatic carbocycles. The number of carbonyl (C=O) groups excluding carboxylic acids is 1. The predicted molar refractivity (Wildman–Crippen MR) is 105 cm³/mol. The fraction of sp³-hybridized carbons (Fsp3) is 0.435. The molecule has 2 aliphatic heterocycles. The summed E-state index contributed by atoms with van der Waals surface area (Å²) in [4.78, 5) is 15.5. The van der Waals surface area contributed by atoms with Crippen LogP contribution in [0.1, 0.15) is 36.0 Å². The standard InChI is InChI=1S/C23H27NO3/c25-23(19-5-4-14-24(17-19)20-12-15-26-16-13-20)18-8-10-22(11-9-18)27-21-6-2-1-3-7-21/h1-3,6-11,19-20H,4-5,12-17H2/t19-/m0/s1. The molecule has 0 radical (unpaired) electrons. The van der Waals surface area contributed by atoms with Gasteiger partial charge in [0.2, 0.25) is 0 Å². The average molecular weight is 365 g/mol. The van der Waals surface area contributed by atoms with Crippen LogP contribution >= 0.6 is 0 Å². The van der Waals surface area contributed by atoms with Crippen molar-refractivity contribution in [1.29, 1.82) is 0 Å². The minimum atomic E-state index is 0.0995. The molecule has 4 rings (SSSR count). The summed E-state index contributed by atoms with van der Waals surface area (Å²) in [6.45, 7) is 3.69. The summed E-state index contributed by atoms with van der Waals surface area (Å²) in [5.41, 5.74) is 0.786. The van der Waals surface area contributed by atoms with Gasteiger partial charge in [-0.15, -0.1) is 0 Å². The van der Waals surface area contributed by atoms with Crippen LogP contribution < -0.4 is 4.74 Å². The number of piperidine rings is 1. The molecule has 0 N–H and O–H groups in total. The molecular weight excluding hydrogens is 338 g/mol. The molecule has 2 aromatic carbocycles. The average Bonchev–Trinajstić information content (AvgIpc) is 2.75. The highest BCUT2D eigenvalue weighted by Crippen LogP contribution is 2.27. The van der Waals surface area contributed by atoms with Gasteiger partial charge in [0.25, 0.3) is 0 Å². The topological polar surface area (TPSA) is 38.8 Å². The van der Waals surface area contributed by atoms with Crippen LogP contribution in [0.2, 0.25) is 0 Å². The van der Waals surface area contributed by atoms with Crippen LogP contribution in [0.25, 0.3) is 0 Å². The van der Waals surface area contributed by atoms with E-state index in [4.69, 9.17) is 9.47 Å². The molecule has 4 heteroatoms. The third-order valence-electron chi connectivity index (χ3n) is 5.65. The van der Waals surface area contributed by atoms with E-state index in [-0.39, 0.29) is 11.7 Å². The smallest absolute Gasteiger partial charge is 0.167 e. The van der Waals surface area contributed by atoms with Crippen LogP contribution in [0.4, 0.5) is 0 Å². The van der Waals surface area contributed by atoms with E-state index in [2.05, 4.69) is 4.90 Å². The molecular formula is C23H27NO3. The summed E-state index contributed by atoms with van der Waals surface area (Å²) < 4.78 is 11.3.